The van der Waals surface area contributed by atoms with Crippen LogP contribution in [0.3, 0.4) is 0 Å². The van der Waals surface area contributed by atoms with Gasteiger partial charge in [0.15, 0.2) is 0 Å². The third-order valence-corrected chi connectivity index (χ3v) is 4.04. The molecule has 5 heteroatoms. The van der Waals surface area contributed by atoms with Crippen molar-refractivity contribution in [2.75, 3.05) is 32.1 Å². The van der Waals surface area contributed by atoms with E-state index < -0.39 is 0 Å². The first-order chi connectivity index (χ1) is 8.20. The van der Waals surface area contributed by atoms with Gasteiger partial charge in [-0.05, 0) is 38.5 Å². The van der Waals surface area contributed by atoms with Crippen LogP contribution in [0.5, 0.6) is 0 Å². The molecule has 1 saturated heterocycles. The second-order valence-corrected chi connectivity index (χ2v) is 5.23. The molecule has 1 aromatic rings. The maximum atomic E-state index is 4.41. The second-order valence-electron chi connectivity index (χ2n) is 4.67. The second kappa shape index (κ2) is 5.78. The molecule has 0 saturated carbocycles. The Morgan fingerprint density at radius 3 is 2.47 bits per heavy atom. The summed E-state index contributed by atoms with van der Waals surface area (Å²) in [6, 6.07) is 0.570. The Hall–Kier alpha value is -0.680. The number of piperidine rings is 1. The van der Waals surface area contributed by atoms with Crippen molar-refractivity contribution in [3.63, 3.8) is 0 Å². The van der Waals surface area contributed by atoms with Crippen LogP contribution in [0.15, 0.2) is 12.4 Å². The molecule has 94 valence electrons. The minimum Gasteiger partial charge on any atom is -0.341 e. The molecular formula is C12H19BrN4. The van der Waals surface area contributed by atoms with Crippen LogP contribution in [-0.2, 0) is 5.33 Å². The molecule has 0 unspecified atom stereocenters. The molecule has 0 bridgehead atoms. The third-order valence-electron chi connectivity index (χ3n) is 3.40. The zero-order valence-corrected chi connectivity index (χ0v) is 12.0. The van der Waals surface area contributed by atoms with Gasteiger partial charge in [-0.2, -0.15) is 0 Å². The van der Waals surface area contributed by atoms with Crippen LogP contribution in [0.25, 0.3) is 0 Å². The molecule has 0 amide bonds. The largest absolute Gasteiger partial charge is 0.341 e. The minimum atomic E-state index is 0.570. The van der Waals surface area contributed by atoms with Gasteiger partial charge in [0.1, 0.15) is 0 Å². The van der Waals surface area contributed by atoms with E-state index in [1.54, 1.807) is 0 Å². The molecule has 17 heavy (non-hydrogen) atoms. The summed E-state index contributed by atoms with van der Waals surface area (Å²) in [6.45, 7) is 2.32. The summed E-state index contributed by atoms with van der Waals surface area (Å²) in [5.41, 5.74) is 1.12. The maximum absolute atomic E-state index is 4.41. The first-order valence-electron chi connectivity index (χ1n) is 5.99. The lowest BCUT2D eigenvalue weighted by atomic mass is 10.0. The van der Waals surface area contributed by atoms with Crippen LogP contribution in [0.1, 0.15) is 18.4 Å². The molecule has 1 aliphatic heterocycles. The Labute approximate surface area is 111 Å². The number of aromatic nitrogens is 2. The summed E-state index contributed by atoms with van der Waals surface area (Å²) in [5, 5.41) is 0.811. The number of likely N-dealkylation sites (tertiary alicyclic amines) is 1. The van der Waals surface area contributed by atoms with Crippen LogP contribution in [-0.4, -0.2) is 48.1 Å². The van der Waals surface area contributed by atoms with Crippen molar-refractivity contribution in [1.82, 2.24) is 14.9 Å². The molecular weight excluding hydrogens is 280 g/mol. The SMILES string of the molecule is CN1CCC(N(C)c2ncc(CBr)cn2)CC1. The maximum Gasteiger partial charge on any atom is 0.225 e. The number of alkyl halides is 1. The fourth-order valence-corrected chi connectivity index (χ4v) is 2.43. The van der Waals surface area contributed by atoms with Gasteiger partial charge >= 0.3 is 0 Å². The van der Waals surface area contributed by atoms with E-state index in [1.807, 2.05) is 12.4 Å². The Morgan fingerprint density at radius 1 is 1.35 bits per heavy atom. The van der Waals surface area contributed by atoms with Crippen molar-refractivity contribution in [3.05, 3.63) is 18.0 Å². The highest BCUT2D eigenvalue weighted by Crippen LogP contribution is 2.18. The van der Waals surface area contributed by atoms with E-state index in [0.29, 0.717) is 6.04 Å². The summed E-state index contributed by atoms with van der Waals surface area (Å²) in [6.07, 6.45) is 6.16. The molecule has 0 spiro atoms. The average Bonchev–Trinajstić information content (AvgIpc) is 2.39. The number of halogens is 1. The van der Waals surface area contributed by atoms with Gasteiger partial charge in [0.05, 0.1) is 0 Å². The molecule has 4 nitrogen and oxygen atoms in total. The number of anilines is 1. The highest BCUT2D eigenvalue weighted by atomic mass is 79.9. The summed E-state index contributed by atoms with van der Waals surface area (Å²) in [7, 11) is 4.27. The molecule has 1 aliphatic rings. The van der Waals surface area contributed by atoms with Crippen LogP contribution < -0.4 is 4.90 Å². The molecule has 1 aromatic heterocycles. The van der Waals surface area contributed by atoms with Crippen molar-refractivity contribution >= 4 is 21.9 Å². The molecule has 0 aromatic carbocycles. The summed E-state index contributed by atoms with van der Waals surface area (Å²) >= 11 is 3.40. The molecule has 0 atom stereocenters. The van der Waals surface area contributed by atoms with Crippen LogP contribution in [0, 0.1) is 0 Å². The van der Waals surface area contributed by atoms with Gasteiger partial charge in [-0.1, -0.05) is 15.9 Å². The van der Waals surface area contributed by atoms with E-state index in [9.17, 15) is 0 Å². The van der Waals surface area contributed by atoms with Gasteiger partial charge in [-0.3, -0.25) is 0 Å². The van der Waals surface area contributed by atoms with Gasteiger partial charge in [0.2, 0.25) is 5.95 Å². The molecule has 0 N–H and O–H groups in total. The smallest absolute Gasteiger partial charge is 0.225 e. The van der Waals surface area contributed by atoms with E-state index in [4.69, 9.17) is 0 Å². The van der Waals surface area contributed by atoms with Crippen molar-refractivity contribution in [1.29, 1.82) is 0 Å². The van der Waals surface area contributed by atoms with E-state index in [0.717, 1.165) is 29.9 Å². The number of nitrogens with zero attached hydrogens (tertiary/aromatic N) is 4. The Morgan fingerprint density at radius 2 is 1.94 bits per heavy atom. The van der Waals surface area contributed by atoms with Gasteiger partial charge in [-0.25, -0.2) is 9.97 Å². The number of rotatable bonds is 3. The lowest BCUT2D eigenvalue weighted by Crippen LogP contribution is -2.42. The van der Waals surface area contributed by atoms with Gasteiger partial charge in [0.25, 0.3) is 0 Å². The lowest BCUT2D eigenvalue weighted by Gasteiger charge is -2.35. The van der Waals surface area contributed by atoms with Crippen molar-refractivity contribution < 1.29 is 0 Å². The van der Waals surface area contributed by atoms with E-state index in [2.05, 4.69) is 49.8 Å². The fourth-order valence-electron chi connectivity index (χ4n) is 2.14. The van der Waals surface area contributed by atoms with E-state index >= 15 is 0 Å². The molecule has 1 fully saturated rings. The summed E-state index contributed by atoms with van der Waals surface area (Å²) < 4.78 is 0. The topological polar surface area (TPSA) is 32.3 Å². The van der Waals surface area contributed by atoms with Gasteiger partial charge in [-0.15, -0.1) is 0 Å². The van der Waals surface area contributed by atoms with E-state index in [1.165, 1.54) is 12.8 Å². The van der Waals surface area contributed by atoms with Crippen LogP contribution in [0.4, 0.5) is 5.95 Å². The van der Waals surface area contributed by atoms with Crippen molar-refractivity contribution in [2.45, 2.75) is 24.2 Å². The Bertz CT molecular complexity index is 346. The Kier molecular flexibility index (Phi) is 4.34. The number of hydrogen-bond donors (Lipinski definition) is 0. The van der Waals surface area contributed by atoms with Gasteiger partial charge in [0, 0.05) is 30.8 Å². The third kappa shape index (κ3) is 3.16. The van der Waals surface area contributed by atoms with Crippen molar-refractivity contribution in [2.24, 2.45) is 0 Å². The monoisotopic (exact) mass is 298 g/mol. The standard InChI is InChI=1S/C12H19BrN4/c1-16-5-3-11(4-6-16)17(2)12-14-8-10(7-13)9-15-12/h8-9,11H,3-7H2,1-2H3. The minimum absolute atomic E-state index is 0.570. The molecule has 2 heterocycles. The molecule has 0 aliphatic carbocycles. The van der Waals surface area contributed by atoms with Gasteiger partial charge < -0.3 is 9.80 Å². The quantitative estimate of drug-likeness (QED) is 0.798. The highest BCUT2D eigenvalue weighted by Gasteiger charge is 2.21. The highest BCUT2D eigenvalue weighted by molar-refractivity contribution is 9.08. The van der Waals surface area contributed by atoms with E-state index in [-0.39, 0.29) is 0 Å². The fraction of sp³-hybridized carbons (Fsp3) is 0.667. The van der Waals surface area contributed by atoms with Crippen LogP contribution >= 0.6 is 15.9 Å². The normalized spacial score (nSPS) is 18.3. The van der Waals surface area contributed by atoms with Crippen LogP contribution in [0.2, 0.25) is 0 Å². The molecule has 0 radical (unpaired) electrons. The first-order valence-corrected chi connectivity index (χ1v) is 7.11. The Balaban J connectivity index is 2.00. The summed E-state index contributed by atoms with van der Waals surface area (Å²) in [4.78, 5) is 13.4. The zero-order chi connectivity index (χ0) is 12.3. The first kappa shape index (κ1) is 12.8. The predicted octanol–water partition coefficient (Wildman–Crippen LogP) is 1.90. The lowest BCUT2D eigenvalue weighted by molar-refractivity contribution is 0.252. The summed E-state index contributed by atoms with van der Waals surface area (Å²) in [5.74, 6) is 0.837. The molecule has 2 rings (SSSR count). The zero-order valence-electron chi connectivity index (χ0n) is 10.4. The predicted molar refractivity (Wildman–Crippen MR) is 73.6 cm³/mol. The van der Waals surface area contributed by atoms with Crippen molar-refractivity contribution in [3.8, 4) is 0 Å². The average molecular weight is 299 g/mol. The number of hydrogen-bond acceptors (Lipinski definition) is 4.